The molecule has 1 fully saturated rings. The van der Waals surface area contributed by atoms with E-state index in [0.717, 1.165) is 19.3 Å². The van der Waals surface area contributed by atoms with Crippen molar-refractivity contribution in [1.29, 1.82) is 0 Å². The number of nitrogens with zero attached hydrogens (tertiary/aromatic N) is 4. The molecule has 2 N–H and O–H groups in total. The van der Waals surface area contributed by atoms with Gasteiger partial charge < -0.3 is 23.7 Å². The number of ether oxygens (including phenoxy) is 1. The number of aromatic nitrogens is 4. The summed E-state index contributed by atoms with van der Waals surface area (Å²) < 4.78 is 30.4. The van der Waals surface area contributed by atoms with E-state index in [2.05, 4.69) is 130 Å². The lowest BCUT2D eigenvalue weighted by atomic mass is 10.1. The van der Waals surface area contributed by atoms with E-state index in [1.54, 1.807) is 6.33 Å². The van der Waals surface area contributed by atoms with Crippen LogP contribution in [0.1, 0.15) is 101 Å². The molecule has 0 aromatic carbocycles. The van der Waals surface area contributed by atoms with Crippen molar-refractivity contribution in [2.75, 3.05) is 12.3 Å². The molecule has 0 amide bonds. The molecular formula is C34H63N5O4Si3. The lowest BCUT2D eigenvalue weighted by Gasteiger charge is -2.44. The maximum Gasteiger partial charge on any atom is 0.208 e. The molecule has 3 rings (SSSR count). The highest BCUT2D eigenvalue weighted by molar-refractivity contribution is 6.75. The van der Waals surface area contributed by atoms with Crippen LogP contribution in [-0.4, -0.2) is 69.4 Å². The van der Waals surface area contributed by atoms with Crippen LogP contribution < -0.4 is 5.73 Å². The van der Waals surface area contributed by atoms with Gasteiger partial charge in [-0.3, -0.25) is 4.57 Å². The highest BCUT2D eigenvalue weighted by Crippen LogP contribution is 2.47. The third kappa shape index (κ3) is 8.51. The minimum atomic E-state index is -2.31. The number of fused-ring (bicyclic) bond motifs is 1. The molecule has 9 nitrogen and oxygen atoms in total. The topological polar surface area (TPSA) is 107 Å². The van der Waals surface area contributed by atoms with Gasteiger partial charge in [-0.25, -0.2) is 15.0 Å². The molecule has 12 heteroatoms. The molecule has 0 aliphatic carbocycles. The Labute approximate surface area is 282 Å². The fraction of sp³-hybridized carbons (Fsp3) is 0.794. The average Bonchev–Trinajstić information content (AvgIpc) is 3.44. The van der Waals surface area contributed by atoms with Crippen LogP contribution in [0, 0.1) is 11.8 Å². The van der Waals surface area contributed by atoms with Crippen LogP contribution in [0.4, 0.5) is 5.82 Å². The van der Waals surface area contributed by atoms with Crippen molar-refractivity contribution in [1.82, 2.24) is 19.5 Å². The number of hydrogen-bond donors (Lipinski definition) is 1. The largest absolute Gasteiger partial charge is 0.414 e. The molecule has 3 heterocycles. The zero-order chi connectivity index (χ0) is 35.1. The first-order valence-electron chi connectivity index (χ1n) is 17.0. The summed E-state index contributed by atoms with van der Waals surface area (Å²) in [7, 11) is -6.67. The van der Waals surface area contributed by atoms with Crippen LogP contribution >= 0.6 is 0 Å². The fourth-order valence-corrected chi connectivity index (χ4v) is 8.08. The smallest absolute Gasteiger partial charge is 0.208 e. The predicted molar refractivity (Wildman–Crippen MR) is 197 cm³/mol. The minimum absolute atomic E-state index is 0.00777. The van der Waals surface area contributed by atoms with Crippen molar-refractivity contribution < 1.29 is 18.0 Å². The van der Waals surface area contributed by atoms with E-state index < -0.39 is 37.3 Å². The Morgan fingerprint density at radius 2 is 1.39 bits per heavy atom. The zero-order valence-electron chi connectivity index (χ0n) is 31.7. The summed E-state index contributed by atoms with van der Waals surface area (Å²) in [4.78, 5) is 14.0. The summed E-state index contributed by atoms with van der Waals surface area (Å²) >= 11 is 0. The van der Waals surface area contributed by atoms with Gasteiger partial charge in [-0.15, -0.1) is 0 Å². The van der Waals surface area contributed by atoms with E-state index in [9.17, 15) is 0 Å². The minimum Gasteiger partial charge on any atom is -0.414 e. The fourth-order valence-electron chi connectivity index (χ4n) is 4.46. The molecular weight excluding hydrogens is 627 g/mol. The second-order valence-corrected chi connectivity index (χ2v) is 31.8. The molecule has 0 unspecified atom stereocenters. The first kappa shape index (κ1) is 38.8. The number of imidazole rings is 1. The molecule has 260 valence electrons. The van der Waals surface area contributed by atoms with Crippen LogP contribution in [0.25, 0.3) is 11.2 Å². The van der Waals surface area contributed by atoms with E-state index in [-0.39, 0.29) is 27.3 Å². The number of nitrogens with two attached hydrogens (primary N) is 1. The van der Waals surface area contributed by atoms with Crippen molar-refractivity contribution in [3.05, 3.63) is 12.2 Å². The van der Waals surface area contributed by atoms with Gasteiger partial charge in [0.15, 0.2) is 42.6 Å². The van der Waals surface area contributed by atoms with Crippen LogP contribution in [-0.2, 0) is 18.0 Å². The summed E-state index contributed by atoms with van der Waals surface area (Å²) in [6.45, 7) is 36.6. The predicted octanol–water partition coefficient (Wildman–Crippen LogP) is 8.65. The van der Waals surface area contributed by atoms with Crippen molar-refractivity contribution in [3.63, 3.8) is 0 Å². The van der Waals surface area contributed by atoms with Gasteiger partial charge in [0.25, 0.3) is 0 Å². The Balaban J connectivity index is 2.20. The molecule has 2 aromatic heterocycles. The summed E-state index contributed by atoms with van der Waals surface area (Å²) in [5.41, 5.74) is 7.53. The van der Waals surface area contributed by atoms with Gasteiger partial charge in [-0.1, -0.05) is 81.6 Å². The zero-order valence-corrected chi connectivity index (χ0v) is 34.7. The standard InChI is InChI=1S/C34H63N5O4Si3/c1-17-18-19-20-21-25-37-29(35)26-30(38-25)39(23-36-26)31-28(43-46(15,16)34(8,9)10)27(42-45(13,14)33(5,6)7)24(41-31)22-40-44(11,12)32(2,3)4/h23-24,27-28,31H,17-19,22H2,1-16H3,(H2,35,37,38)/t24-,27-,28-,31-/m1/s1. The van der Waals surface area contributed by atoms with Crippen molar-refractivity contribution in [2.45, 2.75) is 167 Å². The Hall–Kier alpha value is -1.60. The Morgan fingerprint density at radius 1 is 0.848 bits per heavy atom. The van der Waals surface area contributed by atoms with Crippen molar-refractivity contribution in [3.8, 4) is 11.8 Å². The van der Waals surface area contributed by atoms with Gasteiger partial charge in [0.05, 0.1) is 12.9 Å². The SMILES string of the molecule is CCCCC#Cc1nc(N)c2ncn([C@@H]3O[C@H](CO[Si](C)(C)C(C)(C)C)[C@@H](O[Si](C)(C)C(C)(C)C)[C@H]3O[Si](C)(C)C(C)(C)C)c2n1. The van der Waals surface area contributed by atoms with E-state index in [1.165, 1.54) is 0 Å². The third-order valence-electron chi connectivity index (χ3n) is 10.8. The van der Waals surface area contributed by atoms with Crippen molar-refractivity contribution >= 4 is 41.9 Å². The summed E-state index contributed by atoms with van der Waals surface area (Å²) in [5.74, 6) is 6.99. The second-order valence-electron chi connectivity index (χ2n) is 17.5. The monoisotopic (exact) mass is 689 g/mol. The molecule has 0 bridgehead atoms. The molecule has 0 radical (unpaired) electrons. The molecule has 0 spiro atoms. The van der Waals surface area contributed by atoms with E-state index in [4.69, 9.17) is 28.7 Å². The maximum atomic E-state index is 7.32. The Bertz CT molecular complexity index is 1410. The first-order valence-corrected chi connectivity index (χ1v) is 25.7. The maximum absolute atomic E-state index is 7.32. The van der Waals surface area contributed by atoms with Crippen LogP contribution in [0.5, 0.6) is 0 Å². The number of hydrogen-bond acceptors (Lipinski definition) is 8. The van der Waals surface area contributed by atoms with Crippen LogP contribution in [0.3, 0.4) is 0 Å². The number of nitrogen functional groups attached to an aromatic ring is 1. The average molecular weight is 690 g/mol. The quantitative estimate of drug-likeness (QED) is 0.150. The lowest BCUT2D eigenvalue weighted by Crippen LogP contribution is -2.54. The Morgan fingerprint density at radius 3 is 1.91 bits per heavy atom. The van der Waals surface area contributed by atoms with Gasteiger partial charge in [0.1, 0.15) is 23.8 Å². The van der Waals surface area contributed by atoms with Gasteiger partial charge in [-0.2, -0.15) is 0 Å². The molecule has 46 heavy (non-hydrogen) atoms. The highest BCUT2D eigenvalue weighted by Gasteiger charge is 2.55. The van der Waals surface area contributed by atoms with Gasteiger partial charge in [0, 0.05) is 6.42 Å². The second kappa shape index (κ2) is 13.7. The molecule has 1 saturated heterocycles. The molecule has 1 aliphatic heterocycles. The van der Waals surface area contributed by atoms with Gasteiger partial charge >= 0.3 is 0 Å². The first-order chi connectivity index (χ1) is 20.8. The van der Waals surface area contributed by atoms with E-state index in [1.807, 2.05) is 4.57 Å². The van der Waals surface area contributed by atoms with Crippen LogP contribution in [0.15, 0.2) is 6.33 Å². The highest BCUT2D eigenvalue weighted by atomic mass is 28.4. The van der Waals surface area contributed by atoms with Crippen LogP contribution in [0.2, 0.25) is 54.4 Å². The number of rotatable bonds is 10. The van der Waals surface area contributed by atoms with Gasteiger partial charge in [0.2, 0.25) is 5.82 Å². The number of anilines is 1. The summed E-state index contributed by atoms with van der Waals surface area (Å²) in [6.07, 6.45) is 2.95. The Kier molecular flexibility index (Phi) is 11.6. The normalized spacial score (nSPS) is 21.9. The number of unbranched alkanes of at least 4 members (excludes halogenated alkanes) is 2. The van der Waals surface area contributed by atoms with E-state index in [0.29, 0.717) is 29.4 Å². The van der Waals surface area contributed by atoms with Crippen molar-refractivity contribution in [2.24, 2.45) is 0 Å². The molecule has 4 atom stereocenters. The summed E-state index contributed by atoms with van der Waals surface area (Å²) in [5, 5.41) is 0.0210. The van der Waals surface area contributed by atoms with E-state index >= 15 is 0 Å². The van der Waals surface area contributed by atoms with Gasteiger partial charge in [-0.05, 0) is 66.7 Å². The molecule has 1 aliphatic rings. The molecule has 2 aromatic rings. The lowest BCUT2D eigenvalue weighted by molar-refractivity contribution is -0.0470. The summed E-state index contributed by atoms with van der Waals surface area (Å²) in [6, 6.07) is 0. The third-order valence-corrected chi connectivity index (χ3v) is 24.2. The molecule has 0 saturated carbocycles.